The number of carbonyl (C=O) groups excluding carboxylic acids is 1. The smallest absolute Gasteiger partial charge is 0.406 e. The van der Waals surface area contributed by atoms with E-state index >= 15 is 4.39 Å². The van der Waals surface area contributed by atoms with Crippen molar-refractivity contribution in [1.29, 1.82) is 0 Å². The van der Waals surface area contributed by atoms with Gasteiger partial charge in [-0.2, -0.15) is 0 Å². The van der Waals surface area contributed by atoms with E-state index in [1.54, 1.807) is 24.3 Å². The van der Waals surface area contributed by atoms with Gasteiger partial charge in [0.15, 0.2) is 5.82 Å². The average molecular weight is 612 g/mol. The summed E-state index contributed by atoms with van der Waals surface area (Å²) in [6, 6.07) is 19.0. The second kappa shape index (κ2) is 13.2. The Labute approximate surface area is 250 Å². The van der Waals surface area contributed by atoms with Crippen LogP contribution >= 0.6 is 0 Å². The van der Waals surface area contributed by atoms with Crippen LogP contribution < -0.4 is 20.3 Å². The van der Waals surface area contributed by atoms with Crippen molar-refractivity contribution in [1.82, 2.24) is 25.4 Å². The second-order valence-corrected chi connectivity index (χ2v) is 9.84. The van der Waals surface area contributed by atoms with Gasteiger partial charge in [-0.3, -0.25) is 10.1 Å². The molecule has 0 radical (unpaired) electrons. The van der Waals surface area contributed by atoms with E-state index in [-0.39, 0.29) is 30.7 Å². The van der Waals surface area contributed by atoms with E-state index in [1.165, 1.54) is 40.2 Å². The second-order valence-electron chi connectivity index (χ2n) is 9.84. The van der Waals surface area contributed by atoms with E-state index in [9.17, 15) is 23.1 Å². The summed E-state index contributed by atoms with van der Waals surface area (Å²) in [4.78, 5) is 22.4. The topological polar surface area (TPSA) is 117 Å². The molecule has 2 atom stereocenters. The van der Waals surface area contributed by atoms with E-state index in [2.05, 4.69) is 30.4 Å². The standard InChI is InChI=1S/C30H29F4N7O3/c1-2-5-20-6-3-4-7-25(20)41-26(42)17-35-28(41)38-29(43)36-16-24(31)19-8-10-21(11-9-19)27-37-18-40(39-27)22-12-14-23(15-13-22)44-30(32,33)34/h3-4,6-15,18,24,29,36,43H,2,5,16-17H2,1H3,(H,35,38). The molecule has 3 aromatic carbocycles. The Kier molecular flexibility index (Phi) is 9.20. The lowest BCUT2D eigenvalue weighted by atomic mass is 10.1. The summed E-state index contributed by atoms with van der Waals surface area (Å²) in [7, 11) is 0. The summed E-state index contributed by atoms with van der Waals surface area (Å²) >= 11 is 0. The maximum atomic E-state index is 15.0. The molecule has 1 aliphatic heterocycles. The lowest BCUT2D eigenvalue weighted by Crippen LogP contribution is -2.38. The van der Waals surface area contributed by atoms with E-state index in [1.807, 2.05) is 31.2 Å². The predicted octanol–water partition coefficient (Wildman–Crippen LogP) is 4.65. The van der Waals surface area contributed by atoms with Gasteiger partial charge in [-0.25, -0.2) is 23.9 Å². The number of halogens is 4. The minimum Gasteiger partial charge on any atom is -0.406 e. The lowest BCUT2D eigenvalue weighted by Gasteiger charge is -2.20. The molecule has 3 N–H and O–H groups in total. The Hall–Kier alpha value is -4.82. The van der Waals surface area contributed by atoms with Crippen LogP contribution in [0.1, 0.15) is 30.6 Å². The SMILES string of the molecule is CCCc1ccccc1N1C(=O)CN/C1=N\C(O)NCC(F)c1ccc(-c2ncn(-c3ccc(OC(F)(F)F)cc3)n2)cc1. The zero-order valence-corrected chi connectivity index (χ0v) is 23.5. The number of amides is 1. The first kappa shape index (κ1) is 30.6. The number of aryl methyl sites for hydroxylation is 1. The largest absolute Gasteiger partial charge is 0.573 e. The number of ether oxygens (including phenoxy) is 1. The first-order valence-electron chi connectivity index (χ1n) is 13.8. The number of nitrogens with zero attached hydrogens (tertiary/aromatic N) is 5. The third-order valence-electron chi connectivity index (χ3n) is 6.69. The summed E-state index contributed by atoms with van der Waals surface area (Å²) < 4.78 is 57.5. The number of alkyl halides is 4. The van der Waals surface area contributed by atoms with Gasteiger partial charge in [-0.15, -0.1) is 18.3 Å². The van der Waals surface area contributed by atoms with Crippen molar-refractivity contribution < 1.29 is 32.2 Å². The highest BCUT2D eigenvalue weighted by Crippen LogP contribution is 2.26. The summed E-state index contributed by atoms with van der Waals surface area (Å²) in [5, 5.41) is 20.3. The van der Waals surface area contributed by atoms with Gasteiger partial charge >= 0.3 is 6.36 Å². The first-order valence-corrected chi connectivity index (χ1v) is 13.8. The van der Waals surface area contributed by atoms with Crippen LogP contribution in [0.25, 0.3) is 17.1 Å². The number of rotatable bonds is 11. The molecular weight excluding hydrogens is 582 g/mol. The number of para-hydroxylation sites is 1. The molecule has 0 aliphatic carbocycles. The van der Waals surface area contributed by atoms with Gasteiger partial charge in [-0.05, 0) is 47.9 Å². The van der Waals surface area contributed by atoms with Crippen molar-refractivity contribution in [3.63, 3.8) is 0 Å². The molecule has 1 fully saturated rings. The van der Waals surface area contributed by atoms with E-state index in [0.29, 0.717) is 28.3 Å². The van der Waals surface area contributed by atoms with Crippen LogP contribution in [0.4, 0.5) is 23.2 Å². The van der Waals surface area contributed by atoms with Gasteiger partial charge in [0.1, 0.15) is 18.2 Å². The normalized spacial score (nSPS) is 15.8. The van der Waals surface area contributed by atoms with E-state index in [0.717, 1.165) is 18.4 Å². The molecule has 1 amide bonds. The third kappa shape index (κ3) is 7.38. The molecular formula is C30H29F4N7O3. The molecule has 1 saturated heterocycles. The molecule has 0 spiro atoms. The van der Waals surface area contributed by atoms with Gasteiger partial charge in [0.2, 0.25) is 12.3 Å². The molecule has 5 rings (SSSR count). The van der Waals surface area contributed by atoms with Crippen LogP contribution in [0.15, 0.2) is 84.1 Å². The van der Waals surface area contributed by atoms with Gasteiger partial charge in [0.25, 0.3) is 5.91 Å². The van der Waals surface area contributed by atoms with Crippen molar-refractivity contribution in [2.45, 2.75) is 38.7 Å². The van der Waals surface area contributed by atoms with Gasteiger partial charge in [-0.1, -0.05) is 55.8 Å². The highest BCUT2D eigenvalue weighted by Gasteiger charge is 2.31. The fourth-order valence-corrected chi connectivity index (χ4v) is 4.64. The van der Waals surface area contributed by atoms with E-state index < -0.39 is 18.9 Å². The van der Waals surface area contributed by atoms with Gasteiger partial charge in [0.05, 0.1) is 17.9 Å². The Balaban J connectivity index is 1.19. The Morgan fingerprint density at radius 3 is 2.52 bits per heavy atom. The molecule has 0 bridgehead atoms. The third-order valence-corrected chi connectivity index (χ3v) is 6.69. The Bertz CT molecular complexity index is 1610. The van der Waals surface area contributed by atoms with Crippen LogP contribution in [0.5, 0.6) is 5.75 Å². The number of aliphatic imine (C=N–C) groups is 1. The maximum absolute atomic E-state index is 15.0. The van der Waals surface area contributed by atoms with Crippen molar-refractivity contribution in [2.24, 2.45) is 4.99 Å². The fourth-order valence-electron chi connectivity index (χ4n) is 4.64. The number of hydrogen-bond acceptors (Lipinski definition) is 7. The highest BCUT2D eigenvalue weighted by atomic mass is 19.4. The number of anilines is 1. The van der Waals surface area contributed by atoms with Gasteiger partial charge in [0, 0.05) is 12.1 Å². The van der Waals surface area contributed by atoms with Crippen LogP contribution in [-0.2, 0) is 11.2 Å². The molecule has 0 saturated carbocycles. The molecule has 10 nitrogen and oxygen atoms in total. The number of nitrogens with one attached hydrogen (secondary N) is 2. The summed E-state index contributed by atoms with van der Waals surface area (Å²) in [6.07, 6.45) is -4.67. The number of aromatic nitrogens is 3. The van der Waals surface area contributed by atoms with Crippen molar-refractivity contribution in [3.8, 4) is 22.8 Å². The number of benzene rings is 3. The van der Waals surface area contributed by atoms with Crippen LogP contribution in [0.3, 0.4) is 0 Å². The average Bonchev–Trinajstić information content (AvgIpc) is 3.63. The predicted molar refractivity (Wildman–Crippen MR) is 155 cm³/mol. The molecule has 44 heavy (non-hydrogen) atoms. The molecule has 4 aromatic rings. The fraction of sp³-hybridized carbons (Fsp3) is 0.267. The highest BCUT2D eigenvalue weighted by molar-refractivity contribution is 6.22. The number of guanidine groups is 1. The number of carbonyl (C=O) groups is 1. The minimum atomic E-state index is -4.78. The van der Waals surface area contributed by atoms with Crippen LogP contribution in [0, 0.1) is 0 Å². The Morgan fingerprint density at radius 2 is 1.82 bits per heavy atom. The minimum absolute atomic E-state index is 0.0282. The van der Waals surface area contributed by atoms with Crippen molar-refractivity contribution in [2.75, 3.05) is 18.0 Å². The Morgan fingerprint density at radius 1 is 1.09 bits per heavy atom. The quantitative estimate of drug-likeness (QED) is 0.167. The van der Waals surface area contributed by atoms with Crippen LogP contribution in [0.2, 0.25) is 0 Å². The zero-order chi connectivity index (χ0) is 31.3. The maximum Gasteiger partial charge on any atom is 0.573 e. The molecule has 1 aromatic heterocycles. The lowest BCUT2D eigenvalue weighted by molar-refractivity contribution is -0.274. The van der Waals surface area contributed by atoms with Crippen molar-refractivity contribution in [3.05, 3.63) is 90.3 Å². The van der Waals surface area contributed by atoms with E-state index in [4.69, 9.17) is 0 Å². The molecule has 14 heteroatoms. The molecule has 230 valence electrons. The number of aliphatic hydroxyl groups excluding tert-OH is 1. The summed E-state index contributed by atoms with van der Waals surface area (Å²) in [5.41, 5.74) is 3.07. The summed E-state index contributed by atoms with van der Waals surface area (Å²) in [5.74, 6) is -0.0602. The number of hydrogen-bond donors (Lipinski definition) is 3. The van der Waals surface area contributed by atoms with Crippen molar-refractivity contribution >= 4 is 17.6 Å². The van der Waals surface area contributed by atoms with Gasteiger partial charge < -0.3 is 15.2 Å². The monoisotopic (exact) mass is 611 g/mol. The zero-order valence-electron chi connectivity index (χ0n) is 23.5. The first-order chi connectivity index (χ1) is 21.1. The van der Waals surface area contributed by atoms with Crippen LogP contribution in [-0.4, -0.2) is 57.5 Å². The molecule has 2 heterocycles. The molecule has 1 aliphatic rings. The molecule has 2 unspecified atom stereocenters. The number of aliphatic hydroxyl groups is 1. The summed E-state index contributed by atoms with van der Waals surface area (Å²) in [6.45, 7) is 1.82.